The van der Waals surface area contributed by atoms with E-state index in [2.05, 4.69) is 67.5 Å². The molecule has 0 radical (unpaired) electrons. The van der Waals surface area contributed by atoms with Crippen LogP contribution in [0.25, 0.3) is 36.1 Å². The molecule has 346 valence electrons. The maximum Gasteiger partial charge on any atom is 0.320 e. The fourth-order valence-corrected chi connectivity index (χ4v) is 10.5. The monoisotopic (exact) mass is 875 g/mol. The molecule has 0 amide bonds. The van der Waals surface area contributed by atoms with Crippen molar-refractivity contribution in [2.45, 2.75) is 145 Å². The van der Waals surface area contributed by atoms with Gasteiger partial charge in [-0.05, 0) is 111 Å². The Morgan fingerprint density at radius 3 is 2.27 bits per heavy atom. The molecule has 1 unspecified atom stereocenters. The fourth-order valence-electron chi connectivity index (χ4n) is 10.5. The number of aromatic amines is 3. The number of esters is 2. The maximum absolute atomic E-state index is 14.4. The number of rotatable bonds is 20. The van der Waals surface area contributed by atoms with Crippen LogP contribution in [0.15, 0.2) is 23.9 Å². The van der Waals surface area contributed by atoms with Crippen LogP contribution in [0.1, 0.15) is 168 Å². The van der Waals surface area contributed by atoms with Gasteiger partial charge in [0, 0.05) is 56.8 Å². The van der Waals surface area contributed by atoms with Gasteiger partial charge in [0.1, 0.15) is 12.5 Å². The summed E-state index contributed by atoms with van der Waals surface area (Å²) >= 11 is 0. The van der Waals surface area contributed by atoms with Crippen LogP contribution in [0.3, 0.4) is 0 Å². The second-order valence-corrected chi connectivity index (χ2v) is 19.0. The van der Waals surface area contributed by atoms with Crippen molar-refractivity contribution in [1.29, 1.82) is 0 Å². The van der Waals surface area contributed by atoms with Crippen molar-refractivity contribution in [2.75, 3.05) is 13.7 Å². The number of hydrogen-bond donors (Lipinski definition) is 5. The van der Waals surface area contributed by atoms with Gasteiger partial charge >= 0.3 is 11.9 Å². The van der Waals surface area contributed by atoms with E-state index in [1.807, 2.05) is 45.1 Å². The SMILES string of the molecule is C=Cc1c2[nH]c(c1C)/C=C1\NC(C3=c4[nH]/c(c(C)c4C(=O)[C@@H]3C(=O)OC)=C\c3[nH]c(/c(=C/O)c3CC)=C\2)[C@@H](CCC(=O)OC/C=C(\C)CCC[C@H](C)CCC[C@H](C)CCCCC)[C@@H]1C. The summed E-state index contributed by atoms with van der Waals surface area (Å²) in [5.41, 5.74) is 9.32. The third kappa shape index (κ3) is 10.3. The van der Waals surface area contributed by atoms with Crippen LogP contribution < -0.4 is 26.6 Å². The number of aromatic nitrogens is 3. The second kappa shape index (κ2) is 21.6. The number of ketones is 1. The number of nitrogens with one attached hydrogen (secondary N) is 4. The Labute approximate surface area is 380 Å². The van der Waals surface area contributed by atoms with E-state index in [1.54, 1.807) is 0 Å². The minimum Gasteiger partial charge on any atom is -0.515 e. The minimum absolute atomic E-state index is 0.0881. The van der Waals surface area contributed by atoms with Crippen LogP contribution in [0.2, 0.25) is 0 Å². The number of carbonyl (C=O) groups excluding carboxylic acids is 3. The molecule has 1 fully saturated rings. The van der Waals surface area contributed by atoms with Gasteiger partial charge < -0.3 is 34.8 Å². The zero-order valence-corrected chi connectivity index (χ0v) is 40.0. The Kier molecular flexibility index (Phi) is 16.3. The van der Waals surface area contributed by atoms with Crippen molar-refractivity contribution in [2.24, 2.45) is 29.6 Å². The molecule has 5 N–H and O–H groups in total. The molecule has 0 spiro atoms. The third-order valence-corrected chi connectivity index (χ3v) is 14.5. The Morgan fingerprint density at radius 2 is 1.59 bits per heavy atom. The summed E-state index contributed by atoms with van der Waals surface area (Å²) in [5.74, 6) is -1.06. The van der Waals surface area contributed by atoms with Crippen LogP contribution in [0, 0.1) is 43.4 Å². The van der Waals surface area contributed by atoms with E-state index >= 15 is 0 Å². The molecule has 1 saturated heterocycles. The lowest BCUT2D eigenvalue weighted by Crippen LogP contribution is -2.38. The Bertz CT molecular complexity index is 2530. The van der Waals surface area contributed by atoms with Gasteiger partial charge in [-0.15, -0.1) is 0 Å². The lowest BCUT2D eigenvalue weighted by atomic mass is 9.80. The van der Waals surface area contributed by atoms with Crippen molar-refractivity contribution in [1.82, 2.24) is 20.3 Å². The number of H-pyrrole nitrogens is 3. The highest BCUT2D eigenvalue weighted by Gasteiger charge is 2.49. The average molecular weight is 875 g/mol. The molecule has 0 saturated carbocycles. The van der Waals surface area contributed by atoms with E-state index in [-0.39, 0.29) is 36.6 Å². The first-order chi connectivity index (χ1) is 30.8. The lowest BCUT2D eigenvalue weighted by Gasteiger charge is -2.25. The summed E-state index contributed by atoms with van der Waals surface area (Å²) in [6.45, 7) is 21.6. The number of unbranched alkanes of at least 4 members (excludes halogenated alkanes) is 2. The molecule has 3 aliphatic rings. The predicted octanol–water partition coefficient (Wildman–Crippen LogP) is 8.62. The zero-order valence-electron chi connectivity index (χ0n) is 40.0. The van der Waals surface area contributed by atoms with Gasteiger partial charge in [-0.1, -0.05) is 104 Å². The molecular weight excluding hydrogens is 801 g/mol. The number of hydrogen-bond acceptors (Lipinski definition) is 7. The Balaban J connectivity index is 1.25. The summed E-state index contributed by atoms with van der Waals surface area (Å²) in [4.78, 5) is 52.2. The van der Waals surface area contributed by atoms with Gasteiger partial charge in [0.05, 0.1) is 30.1 Å². The summed E-state index contributed by atoms with van der Waals surface area (Å²) < 4.78 is 11.1. The number of allylic oxidation sites excluding steroid dienone is 2. The van der Waals surface area contributed by atoms with Crippen LogP contribution in [-0.2, 0) is 25.5 Å². The summed E-state index contributed by atoms with van der Waals surface area (Å²) in [6, 6.07) is -0.472. The molecule has 6 rings (SSSR count). The number of ether oxygens (including phenoxy) is 2. The van der Waals surface area contributed by atoms with Gasteiger partial charge in [-0.25, -0.2) is 0 Å². The van der Waals surface area contributed by atoms with Crippen LogP contribution in [0.4, 0.5) is 0 Å². The number of methoxy groups -OCH3 is 1. The number of Topliss-reactive ketones (excluding diaryl/α,β-unsaturated/α-hetero) is 1. The van der Waals surface area contributed by atoms with E-state index in [1.165, 1.54) is 64.0 Å². The molecule has 10 heteroatoms. The lowest BCUT2D eigenvalue weighted by molar-refractivity contribution is -0.143. The first-order valence-corrected chi connectivity index (χ1v) is 24.0. The van der Waals surface area contributed by atoms with E-state index in [0.29, 0.717) is 34.5 Å². The van der Waals surface area contributed by atoms with Crippen LogP contribution in [-0.4, -0.2) is 57.5 Å². The topological polar surface area (TPSA) is 149 Å². The van der Waals surface area contributed by atoms with E-state index < -0.39 is 17.9 Å². The molecule has 8 bridgehead atoms. The number of fused-ring (bicyclic) bond motifs is 8. The number of aliphatic hydroxyl groups is 1. The van der Waals surface area contributed by atoms with Crippen LogP contribution >= 0.6 is 0 Å². The van der Waals surface area contributed by atoms with Crippen molar-refractivity contribution in [3.63, 3.8) is 0 Å². The molecule has 0 aromatic carbocycles. The summed E-state index contributed by atoms with van der Waals surface area (Å²) in [6.07, 6.45) is 25.0. The molecule has 5 heterocycles. The number of aliphatic hydroxyl groups excluding tert-OH is 1. The molecule has 2 aliphatic heterocycles. The normalized spacial score (nSPS) is 22.2. The molecule has 64 heavy (non-hydrogen) atoms. The first-order valence-electron chi connectivity index (χ1n) is 24.0. The second-order valence-electron chi connectivity index (χ2n) is 19.0. The molecule has 1 aliphatic carbocycles. The van der Waals surface area contributed by atoms with E-state index in [4.69, 9.17) is 9.47 Å². The summed E-state index contributed by atoms with van der Waals surface area (Å²) in [7, 11) is 1.31. The highest BCUT2D eigenvalue weighted by atomic mass is 16.5. The molecular formula is C54H74N4O6. The van der Waals surface area contributed by atoms with Crippen molar-refractivity contribution >= 4 is 53.9 Å². The average Bonchev–Trinajstić information content (AvgIpc) is 4.02. The van der Waals surface area contributed by atoms with E-state index in [9.17, 15) is 19.5 Å². The van der Waals surface area contributed by atoms with Crippen molar-refractivity contribution in [3.05, 3.63) is 90.1 Å². The quantitative estimate of drug-likeness (QED) is 0.0331. The highest BCUT2D eigenvalue weighted by molar-refractivity contribution is 6.19. The molecule has 3 aromatic heterocycles. The standard InChI is InChI=1S/C54H74N4O6/c1-11-14-15-18-31(4)19-16-20-32(5)21-17-22-33(6)25-26-64-47(60)24-23-39-35(8)42-27-41-34(7)37(12-2)44(55-41)29-46-40(30-59)38(13-3)45(56-46)28-43-36(9)48-52(58-43)49(51(39)57-42)50(53(48)61)54(62)63-10/h12,25,27-32,35,39,50-51,55-59H,2,11,13-24,26H2,1,3-10H3/b33-25+,40-30+,42-27-,43-28-,46-29-/t31-,32-,35+,39+,50-,51?/m1/s1. The number of carbonyl (C=O) groups is 3. The fraction of sp³-hybridized carbons (Fsp3) is 0.537. The molecule has 10 nitrogen and oxygen atoms in total. The Hall–Kier alpha value is -5.25. The smallest absolute Gasteiger partial charge is 0.320 e. The highest BCUT2D eigenvalue weighted by Crippen LogP contribution is 2.42. The van der Waals surface area contributed by atoms with Crippen molar-refractivity contribution in [3.8, 4) is 0 Å². The third-order valence-electron chi connectivity index (χ3n) is 14.5. The molecule has 6 atom stereocenters. The Morgan fingerprint density at radius 1 is 0.891 bits per heavy atom. The zero-order chi connectivity index (χ0) is 46.2. The maximum atomic E-state index is 14.4. The van der Waals surface area contributed by atoms with E-state index in [0.717, 1.165) is 86.7 Å². The van der Waals surface area contributed by atoms with Gasteiger partial charge in [-0.2, -0.15) is 0 Å². The van der Waals surface area contributed by atoms with Crippen LogP contribution in [0.5, 0.6) is 0 Å². The van der Waals surface area contributed by atoms with Gasteiger partial charge in [0.25, 0.3) is 0 Å². The molecule has 3 aromatic rings. The summed E-state index contributed by atoms with van der Waals surface area (Å²) in [5, 5.41) is 17.0. The predicted molar refractivity (Wildman–Crippen MR) is 259 cm³/mol. The van der Waals surface area contributed by atoms with Gasteiger partial charge in [0.15, 0.2) is 5.78 Å². The van der Waals surface area contributed by atoms with Crippen molar-refractivity contribution < 1.29 is 29.0 Å². The first kappa shape index (κ1) is 48.2. The minimum atomic E-state index is -1.14. The van der Waals surface area contributed by atoms with Gasteiger partial charge in [0.2, 0.25) is 0 Å². The largest absolute Gasteiger partial charge is 0.515 e. The van der Waals surface area contributed by atoms with Gasteiger partial charge in [-0.3, -0.25) is 14.4 Å².